The zero-order chi connectivity index (χ0) is 8.81. The van der Waals surface area contributed by atoms with Crippen molar-refractivity contribution in [2.24, 2.45) is 5.92 Å². The molecule has 1 saturated heterocycles. The van der Waals surface area contributed by atoms with Gasteiger partial charge in [-0.05, 0) is 25.4 Å². The Balaban J connectivity index is 2.03. The second-order valence-corrected chi connectivity index (χ2v) is 3.10. The maximum absolute atomic E-state index is 10.9. The van der Waals surface area contributed by atoms with Crippen molar-refractivity contribution < 1.29 is 9.53 Å². The van der Waals surface area contributed by atoms with E-state index in [1.165, 1.54) is 7.11 Å². The molecule has 0 aromatic heterocycles. The molecule has 1 amide bonds. The van der Waals surface area contributed by atoms with E-state index < -0.39 is 0 Å². The molecule has 4 heteroatoms. The van der Waals surface area contributed by atoms with E-state index in [1.54, 1.807) is 0 Å². The summed E-state index contributed by atoms with van der Waals surface area (Å²) in [5.74, 6) is 0.579. The number of rotatable bonds is 4. The largest absolute Gasteiger partial charge is 0.375 e. The third-order valence-corrected chi connectivity index (χ3v) is 2.03. The highest BCUT2D eigenvalue weighted by Crippen LogP contribution is 2.04. The molecule has 0 aromatic rings. The molecule has 1 rings (SSSR count). The molecule has 1 aliphatic rings. The summed E-state index contributed by atoms with van der Waals surface area (Å²) in [4.78, 5) is 10.9. The van der Waals surface area contributed by atoms with Crippen molar-refractivity contribution in [1.82, 2.24) is 10.6 Å². The minimum atomic E-state index is -0.0237. The van der Waals surface area contributed by atoms with Gasteiger partial charge in [-0.3, -0.25) is 4.79 Å². The van der Waals surface area contributed by atoms with E-state index in [2.05, 4.69) is 10.6 Å². The smallest absolute Gasteiger partial charge is 0.245 e. The molecule has 0 aromatic carbocycles. The van der Waals surface area contributed by atoms with Crippen LogP contribution in [0.2, 0.25) is 0 Å². The predicted molar refractivity (Wildman–Crippen MR) is 45.9 cm³/mol. The van der Waals surface area contributed by atoms with Crippen LogP contribution in [0, 0.1) is 5.92 Å². The van der Waals surface area contributed by atoms with E-state index in [-0.39, 0.29) is 12.5 Å². The highest BCUT2D eigenvalue weighted by molar-refractivity contribution is 5.77. The monoisotopic (exact) mass is 172 g/mol. The second kappa shape index (κ2) is 5.11. The Kier molecular flexibility index (Phi) is 4.04. The number of nitrogens with one attached hydrogen (secondary N) is 2. The molecule has 0 radical (unpaired) electrons. The minimum Gasteiger partial charge on any atom is -0.375 e. The number of hydrogen-bond acceptors (Lipinski definition) is 3. The Bertz CT molecular complexity index is 144. The Morgan fingerprint density at radius 3 is 3.17 bits per heavy atom. The second-order valence-electron chi connectivity index (χ2n) is 3.10. The molecule has 0 spiro atoms. The average Bonchev–Trinajstić information content (AvgIpc) is 2.53. The van der Waals surface area contributed by atoms with Crippen molar-refractivity contribution in [2.75, 3.05) is 33.4 Å². The first-order chi connectivity index (χ1) is 5.83. The Morgan fingerprint density at radius 1 is 1.75 bits per heavy atom. The number of hydrogen-bond donors (Lipinski definition) is 2. The van der Waals surface area contributed by atoms with Crippen molar-refractivity contribution in [3.63, 3.8) is 0 Å². The SMILES string of the molecule is COCC(=O)NC[C@H]1CCNC1. The fourth-order valence-electron chi connectivity index (χ4n) is 1.33. The van der Waals surface area contributed by atoms with Crippen LogP contribution < -0.4 is 10.6 Å². The molecule has 0 bridgehead atoms. The molecular formula is C8H16N2O2. The highest BCUT2D eigenvalue weighted by Gasteiger charge is 2.14. The Hall–Kier alpha value is -0.610. The molecule has 70 valence electrons. The molecular weight excluding hydrogens is 156 g/mol. The lowest BCUT2D eigenvalue weighted by Crippen LogP contribution is -2.32. The van der Waals surface area contributed by atoms with E-state index in [0.717, 1.165) is 26.1 Å². The van der Waals surface area contributed by atoms with E-state index in [9.17, 15) is 4.79 Å². The lowest BCUT2D eigenvalue weighted by atomic mass is 10.1. The molecule has 2 N–H and O–H groups in total. The normalized spacial score (nSPS) is 22.6. The standard InChI is InChI=1S/C8H16N2O2/c1-12-6-8(11)10-5-7-2-3-9-4-7/h7,9H,2-6H2,1H3,(H,10,11)/t7-/m0/s1. The van der Waals surface area contributed by atoms with E-state index in [1.807, 2.05) is 0 Å². The summed E-state index contributed by atoms with van der Waals surface area (Å²) in [6, 6.07) is 0. The molecule has 1 atom stereocenters. The minimum absolute atomic E-state index is 0.0237. The van der Waals surface area contributed by atoms with E-state index in [4.69, 9.17) is 4.74 Å². The van der Waals surface area contributed by atoms with Crippen molar-refractivity contribution in [2.45, 2.75) is 6.42 Å². The average molecular weight is 172 g/mol. The summed E-state index contributed by atoms with van der Waals surface area (Å²) in [6.07, 6.45) is 1.16. The maximum atomic E-state index is 10.9. The zero-order valence-electron chi connectivity index (χ0n) is 7.43. The topological polar surface area (TPSA) is 50.4 Å². The maximum Gasteiger partial charge on any atom is 0.245 e. The molecule has 0 unspecified atom stereocenters. The van der Waals surface area contributed by atoms with Gasteiger partial charge in [-0.2, -0.15) is 0 Å². The van der Waals surface area contributed by atoms with Crippen molar-refractivity contribution in [3.05, 3.63) is 0 Å². The number of amides is 1. The number of carbonyl (C=O) groups excluding carboxylic acids is 1. The fraction of sp³-hybridized carbons (Fsp3) is 0.875. The summed E-state index contributed by atoms with van der Waals surface area (Å²) < 4.78 is 4.69. The first-order valence-electron chi connectivity index (χ1n) is 4.29. The predicted octanol–water partition coefficient (Wildman–Crippen LogP) is -0.641. The lowest BCUT2D eigenvalue weighted by Gasteiger charge is -2.08. The van der Waals surface area contributed by atoms with Gasteiger partial charge in [0.2, 0.25) is 5.91 Å². The molecule has 0 saturated carbocycles. The van der Waals surface area contributed by atoms with Gasteiger partial charge in [0.1, 0.15) is 6.61 Å². The summed E-state index contributed by atoms with van der Waals surface area (Å²) in [7, 11) is 1.52. The van der Waals surface area contributed by atoms with Gasteiger partial charge >= 0.3 is 0 Å². The highest BCUT2D eigenvalue weighted by atomic mass is 16.5. The van der Waals surface area contributed by atoms with Crippen molar-refractivity contribution >= 4 is 5.91 Å². The third-order valence-electron chi connectivity index (χ3n) is 2.03. The van der Waals surface area contributed by atoms with Gasteiger partial charge in [0.05, 0.1) is 0 Å². The van der Waals surface area contributed by atoms with Crippen LogP contribution in [0.1, 0.15) is 6.42 Å². The molecule has 0 aliphatic carbocycles. The van der Waals surface area contributed by atoms with Gasteiger partial charge in [-0.15, -0.1) is 0 Å². The summed E-state index contributed by atoms with van der Waals surface area (Å²) in [5.41, 5.74) is 0. The van der Waals surface area contributed by atoms with Crippen LogP contribution in [0.4, 0.5) is 0 Å². The quantitative estimate of drug-likeness (QED) is 0.593. The summed E-state index contributed by atoms with van der Waals surface area (Å²) in [6.45, 7) is 3.04. The first-order valence-corrected chi connectivity index (χ1v) is 4.29. The van der Waals surface area contributed by atoms with Gasteiger partial charge in [-0.1, -0.05) is 0 Å². The van der Waals surface area contributed by atoms with Crippen molar-refractivity contribution in [3.8, 4) is 0 Å². The fourth-order valence-corrected chi connectivity index (χ4v) is 1.33. The third kappa shape index (κ3) is 3.19. The lowest BCUT2D eigenvalue weighted by molar-refractivity contribution is -0.124. The van der Waals surface area contributed by atoms with Gasteiger partial charge < -0.3 is 15.4 Å². The van der Waals surface area contributed by atoms with Crippen LogP contribution in [-0.4, -0.2) is 39.3 Å². The van der Waals surface area contributed by atoms with Crippen LogP contribution in [0.3, 0.4) is 0 Å². The number of ether oxygens (including phenoxy) is 1. The van der Waals surface area contributed by atoms with E-state index >= 15 is 0 Å². The van der Waals surface area contributed by atoms with Crippen LogP contribution in [0.5, 0.6) is 0 Å². The molecule has 12 heavy (non-hydrogen) atoms. The molecule has 1 fully saturated rings. The van der Waals surface area contributed by atoms with Gasteiger partial charge in [-0.25, -0.2) is 0 Å². The zero-order valence-corrected chi connectivity index (χ0v) is 7.43. The van der Waals surface area contributed by atoms with Gasteiger partial charge in [0.15, 0.2) is 0 Å². The van der Waals surface area contributed by atoms with Crippen LogP contribution in [-0.2, 0) is 9.53 Å². The van der Waals surface area contributed by atoms with Crippen molar-refractivity contribution in [1.29, 1.82) is 0 Å². The van der Waals surface area contributed by atoms with E-state index in [0.29, 0.717) is 5.92 Å². The first kappa shape index (κ1) is 9.48. The molecule has 1 heterocycles. The molecule has 4 nitrogen and oxygen atoms in total. The van der Waals surface area contributed by atoms with Gasteiger partial charge in [0.25, 0.3) is 0 Å². The van der Waals surface area contributed by atoms with Crippen LogP contribution in [0.25, 0.3) is 0 Å². The molecule has 1 aliphatic heterocycles. The Morgan fingerprint density at radius 2 is 2.58 bits per heavy atom. The van der Waals surface area contributed by atoms with Crippen LogP contribution in [0.15, 0.2) is 0 Å². The summed E-state index contributed by atoms with van der Waals surface area (Å²) in [5, 5.41) is 6.07. The van der Waals surface area contributed by atoms with Gasteiger partial charge in [0, 0.05) is 13.7 Å². The Labute approximate surface area is 72.7 Å². The number of carbonyl (C=O) groups is 1. The number of methoxy groups -OCH3 is 1. The summed E-state index contributed by atoms with van der Waals surface area (Å²) >= 11 is 0. The van der Waals surface area contributed by atoms with Crippen LogP contribution >= 0.6 is 0 Å².